The Morgan fingerprint density at radius 3 is 2.34 bits per heavy atom. The molecule has 2 aromatic rings. The third kappa shape index (κ3) is 5.25. The van der Waals surface area contributed by atoms with Crippen LogP contribution in [0.5, 0.6) is 0 Å². The molecule has 1 atom stereocenters. The van der Waals surface area contributed by atoms with Crippen LogP contribution in [-0.2, 0) is 10.0 Å². The molecule has 0 aromatic heterocycles. The zero-order valence-corrected chi connectivity index (χ0v) is 18.0. The summed E-state index contributed by atoms with van der Waals surface area (Å²) >= 11 is 0. The number of nitrogens with one attached hydrogen (secondary N) is 1. The van der Waals surface area contributed by atoms with Crippen LogP contribution >= 0.6 is 0 Å². The molecule has 5 nitrogen and oxygen atoms in total. The van der Waals surface area contributed by atoms with E-state index in [9.17, 15) is 13.2 Å². The maximum absolute atomic E-state index is 13.2. The van der Waals surface area contributed by atoms with Crippen LogP contribution in [0.1, 0.15) is 60.0 Å². The summed E-state index contributed by atoms with van der Waals surface area (Å²) in [6.07, 6.45) is 3.89. The zero-order valence-electron chi connectivity index (χ0n) is 17.2. The fourth-order valence-electron chi connectivity index (χ4n) is 3.69. The summed E-state index contributed by atoms with van der Waals surface area (Å²) in [5, 5.41) is 2.94. The topological polar surface area (TPSA) is 66.5 Å². The van der Waals surface area contributed by atoms with E-state index < -0.39 is 10.0 Å². The van der Waals surface area contributed by atoms with Gasteiger partial charge in [0.1, 0.15) is 0 Å². The molecule has 156 valence electrons. The molecule has 1 unspecified atom stereocenters. The highest BCUT2D eigenvalue weighted by molar-refractivity contribution is 7.89. The lowest BCUT2D eigenvalue weighted by molar-refractivity contribution is 0.0951. The van der Waals surface area contributed by atoms with E-state index in [1.807, 2.05) is 30.3 Å². The number of carbonyl (C=O) groups is 1. The van der Waals surface area contributed by atoms with Crippen molar-refractivity contribution >= 4 is 15.9 Å². The number of nitrogens with zero attached hydrogens (tertiary/aromatic N) is 1. The van der Waals surface area contributed by atoms with Crippen LogP contribution in [0.25, 0.3) is 0 Å². The predicted octanol–water partition coefficient (Wildman–Crippen LogP) is 4.09. The van der Waals surface area contributed by atoms with E-state index in [2.05, 4.69) is 12.2 Å². The van der Waals surface area contributed by atoms with Gasteiger partial charge in [0.05, 0.1) is 4.90 Å². The van der Waals surface area contributed by atoms with E-state index in [1.165, 1.54) is 6.07 Å². The van der Waals surface area contributed by atoms with E-state index in [0.29, 0.717) is 30.8 Å². The molecule has 1 aliphatic rings. The summed E-state index contributed by atoms with van der Waals surface area (Å²) in [4.78, 5) is 12.9. The lowest BCUT2D eigenvalue weighted by Gasteiger charge is -2.21. The van der Waals surface area contributed by atoms with Gasteiger partial charge >= 0.3 is 0 Å². The summed E-state index contributed by atoms with van der Waals surface area (Å²) in [6, 6.07) is 14.9. The van der Waals surface area contributed by atoms with Crippen LogP contribution in [0.3, 0.4) is 0 Å². The van der Waals surface area contributed by atoms with Gasteiger partial charge in [-0.05, 0) is 48.9 Å². The van der Waals surface area contributed by atoms with Crippen molar-refractivity contribution in [2.45, 2.75) is 50.3 Å². The Bertz CT molecular complexity index is 934. The molecule has 1 N–H and O–H groups in total. The molecular formula is C23H30N2O3S. The first-order chi connectivity index (χ1) is 13.9. The SMILES string of the molecule is Cc1ccc(C(=O)NCC(C)c2ccccc2)cc1S(=O)(=O)N1CCCCCC1. The number of aryl methyl sites for hydroxylation is 1. The molecule has 0 radical (unpaired) electrons. The molecule has 0 spiro atoms. The van der Waals surface area contributed by atoms with Gasteiger partial charge in [0, 0.05) is 25.2 Å². The molecule has 2 aromatic carbocycles. The number of benzene rings is 2. The number of hydrogen-bond acceptors (Lipinski definition) is 3. The van der Waals surface area contributed by atoms with Crippen molar-refractivity contribution in [2.24, 2.45) is 0 Å². The molecule has 1 aliphatic heterocycles. The molecule has 1 amide bonds. The zero-order chi connectivity index (χ0) is 20.9. The monoisotopic (exact) mass is 414 g/mol. The smallest absolute Gasteiger partial charge is 0.251 e. The Hall–Kier alpha value is -2.18. The summed E-state index contributed by atoms with van der Waals surface area (Å²) in [5.41, 5.74) is 2.20. The predicted molar refractivity (Wildman–Crippen MR) is 116 cm³/mol. The fourth-order valence-corrected chi connectivity index (χ4v) is 5.46. The van der Waals surface area contributed by atoms with Crippen LogP contribution < -0.4 is 5.32 Å². The second kappa shape index (κ2) is 9.55. The van der Waals surface area contributed by atoms with Crippen LogP contribution in [0.15, 0.2) is 53.4 Å². The third-order valence-electron chi connectivity index (χ3n) is 5.57. The normalized spacial score (nSPS) is 16.8. The van der Waals surface area contributed by atoms with Crippen molar-refractivity contribution in [1.82, 2.24) is 9.62 Å². The highest BCUT2D eigenvalue weighted by Gasteiger charge is 2.27. The second-order valence-electron chi connectivity index (χ2n) is 7.82. The van der Waals surface area contributed by atoms with Crippen LogP contribution in [0, 0.1) is 6.92 Å². The molecule has 6 heteroatoms. The quantitative estimate of drug-likeness (QED) is 0.774. The van der Waals surface area contributed by atoms with Gasteiger partial charge in [-0.15, -0.1) is 0 Å². The fraction of sp³-hybridized carbons (Fsp3) is 0.435. The van der Waals surface area contributed by atoms with Crippen LogP contribution in [-0.4, -0.2) is 38.3 Å². The minimum Gasteiger partial charge on any atom is -0.351 e. The van der Waals surface area contributed by atoms with E-state index in [4.69, 9.17) is 0 Å². The Morgan fingerprint density at radius 1 is 1.03 bits per heavy atom. The van der Waals surface area contributed by atoms with Crippen molar-refractivity contribution in [3.05, 3.63) is 65.2 Å². The first-order valence-electron chi connectivity index (χ1n) is 10.3. The number of sulfonamides is 1. The van der Waals surface area contributed by atoms with Gasteiger partial charge in [0.15, 0.2) is 0 Å². The average Bonchev–Trinajstić information content (AvgIpc) is 3.03. The van der Waals surface area contributed by atoms with E-state index >= 15 is 0 Å². The lowest BCUT2D eigenvalue weighted by atomic mass is 10.0. The third-order valence-corrected chi connectivity index (χ3v) is 7.61. The largest absolute Gasteiger partial charge is 0.351 e. The van der Waals surface area contributed by atoms with E-state index in [0.717, 1.165) is 31.2 Å². The first kappa shape index (κ1) is 21.5. The minimum atomic E-state index is -3.59. The van der Waals surface area contributed by atoms with Crippen molar-refractivity contribution in [2.75, 3.05) is 19.6 Å². The molecule has 3 rings (SSSR count). The maximum Gasteiger partial charge on any atom is 0.251 e. The van der Waals surface area contributed by atoms with Crippen molar-refractivity contribution in [3.8, 4) is 0 Å². The Kier molecular flexibility index (Phi) is 7.09. The molecule has 0 saturated carbocycles. The van der Waals surface area contributed by atoms with Gasteiger partial charge in [0.25, 0.3) is 5.91 Å². The lowest BCUT2D eigenvalue weighted by Crippen LogP contribution is -2.33. The second-order valence-corrected chi connectivity index (χ2v) is 9.73. The summed E-state index contributed by atoms with van der Waals surface area (Å²) < 4.78 is 27.9. The minimum absolute atomic E-state index is 0.172. The van der Waals surface area contributed by atoms with Crippen molar-refractivity contribution < 1.29 is 13.2 Å². The molecule has 1 saturated heterocycles. The number of amides is 1. The first-order valence-corrected chi connectivity index (χ1v) is 11.8. The number of rotatable bonds is 6. The highest BCUT2D eigenvalue weighted by atomic mass is 32.2. The van der Waals surface area contributed by atoms with Crippen molar-refractivity contribution in [1.29, 1.82) is 0 Å². The maximum atomic E-state index is 13.2. The van der Waals surface area contributed by atoms with Crippen LogP contribution in [0.2, 0.25) is 0 Å². The summed E-state index contributed by atoms with van der Waals surface area (Å²) in [7, 11) is -3.59. The van der Waals surface area contributed by atoms with Gasteiger partial charge in [-0.3, -0.25) is 4.79 Å². The molecule has 0 bridgehead atoms. The van der Waals surface area contributed by atoms with Gasteiger partial charge in [-0.25, -0.2) is 8.42 Å². The summed E-state index contributed by atoms with van der Waals surface area (Å²) in [6.45, 7) is 5.42. The average molecular weight is 415 g/mol. The Labute approximate surface area is 174 Å². The Balaban J connectivity index is 1.75. The molecule has 1 heterocycles. The van der Waals surface area contributed by atoms with E-state index in [-0.39, 0.29) is 16.7 Å². The van der Waals surface area contributed by atoms with Crippen molar-refractivity contribution in [3.63, 3.8) is 0 Å². The molecular weight excluding hydrogens is 384 g/mol. The van der Waals surface area contributed by atoms with Gasteiger partial charge < -0.3 is 5.32 Å². The standard InChI is InChI=1S/C23H30N2O3S/c1-18-12-13-21(23(26)24-17-19(2)20-10-6-5-7-11-20)16-22(18)29(27,28)25-14-8-3-4-9-15-25/h5-7,10-13,16,19H,3-4,8-9,14-15,17H2,1-2H3,(H,24,26). The van der Waals surface area contributed by atoms with E-state index in [1.54, 1.807) is 23.4 Å². The number of hydrogen-bond donors (Lipinski definition) is 1. The summed E-state index contributed by atoms with van der Waals surface area (Å²) in [5.74, 6) is -0.0778. The molecule has 1 fully saturated rings. The highest BCUT2D eigenvalue weighted by Crippen LogP contribution is 2.24. The van der Waals surface area contributed by atoms with Gasteiger partial charge in [-0.2, -0.15) is 4.31 Å². The molecule has 0 aliphatic carbocycles. The number of carbonyl (C=O) groups excluding carboxylic acids is 1. The Morgan fingerprint density at radius 2 is 1.69 bits per heavy atom. The van der Waals surface area contributed by atoms with Gasteiger partial charge in [0.2, 0.25) is 10.0 Å². The van der Waals surface area contributed by atoms with Gasteiger partial charge in [-0.1, -0.05) is 56.2 Å². The molecule has 29 heavy (non-hydrogen) atoms. The van der Waals surface area contributed by atoms with Crippen LogP contribution in [0.4, 0.5) is 0 Å².